The molecule has 0 saturated carbocycles. The van der Waals surface area contributed by atoms with Gasteiger partial charge in [0.2, 0.25) is 0 Å². The molecule has 0 aliphatic rings. The number of fused-ring (bicyclic) bond motifs is 1. The molecule has 133 valence electrons. The molecule has 2 heterocycles. The first-order valence-electron chi connectivity index (χ1n) is 8.67. The Bertz CT molecular complexity index is 1090. The highest BCUT2D eigenvalue weighted by atomic mass is 35.5. The van der Waals surface area contributed by atoms with Crippen LogP contribution in [0.25, 0.3) is 16.9 Å². The van der Waals surface area contributed by atoms with Crippen LogP contribution in [0.4, 0.5) is 11.5 Å². The number of nitrogens with zero attached hydrogens (tertiary/aromatic N) is 3. The molecule has 0 aliphatic carbocycles. The zero-order chi connectivity index (χ0) is 18.8. The van der Waals surface area contributed by atoms with Gasteiger partial charge in [0.15, 0.2) is 12.9 Å². The summed E-state index contributed by atoms with van der Waals surface area (Å²) in [6.45, 7) is 2.62. The molecule has 1 radical (unpaired) electrons. The largest absolute Gasteiger partial charge is 0.399 e. The zero-order valence-electron chi connectivity index (χ0n) is 14.9. The Morgan fingerprint density at radius 2 is 1.93 bits per heavy atom. The van der Waals surface area contributed by atoms with Gasteiger partial charge in [-0.2, -0.15) is 9.61 Å². The fourth-order valence-electron chi connectivity index (χ4n) is 2.94. The van der Waals surface area contributed by atoms with Crippen molar-refractivity contribution in [3.63, 3.8) is 0 Å². The molecule has 0 bridgehead atoms. The Morgan fingerprint density at radius 3 is 2.67 bits per heavy atom. The Kier molecular flexibility index (Phi) is 4.73. The molecule has 7 heteroatoms. The number of nitrogen functional groups attached to an aromatic ring is 1. The van der Waals surface area contributed by atoms with E-state index < -0.39 is 0 Å². The minimum Gasteiger partial charge on any atom is -0.399 e. The van der Waals surface area contributed by atoms with Gasteiger partial charge in [0.25, 0.3) is 0 Å². The van der Waals surface area contributed by atoms with Crippen LogP contribution in [-0.4, -0.2) is 21.9 Å². The molecule has 5 nitrogen and oxygen atoms in total. The average molecular weight is 375 g/mol. The number of benzene rings is 2. The standard InChI is InChI=1S/C20H18BClN5/c1-21-16-12-25-27-19(24-11-13-6-8-14(23)9-7-13)10-18(26-20(16)27)15-4-2-3-5-17(15)22/h2-10,12,24H,11,23H2,1H3. The molecule has 0 fully saturated rings. The van der Waals surface area contributed by atoms with Crippen LogP contribution in [0.3, 0.4) is 0 Å². The molecule has 0 saturated heterocycles. The Balaban J connectivity index is 1.77. The molecule has 2 aromatic carbocycles. The zero-order valence-corrected chi connectivity index (χ0v) is 15.6. The first-order chi connectivity index (χ1) is 13.2. The molecule has 0 amide bonds. The van der Waals surface area contributed by atoms with Gasteiger partial charge in [0.05, 0.1) is 5.69 Å². The van der Waals surface area contributed by atoms with Gasteiger partial charge in [-0.25, -0.2) is 4.98 Å². The van der Waals surface area contributed by atoms with Crippen LogP contribution in [0.2, 0.25) is 11.8 Å². The number of nitrogens with two attached hydrogens (primary N) is 1. The van der Waals surface area contributed by atoms with Gasteiger partial charge >= 0.3 is 0 Å². The van der Waals surface area contributed by atoms with E-state index in [1.807, 2.05) is 79.4 Å². The summed E-state index contributed by atoms with van der Waals surface area (Å²) in [5, 5.41) is 8.60. The van der Waals surface area contributed by atoms with E-state index in [9.17, 15) is 0 Å². The molecule has 0 aliphatic heterocycles. The smallest absolute Gasteiger partial charge is 0.155 e. The van der Waals surface area contributed by atoms with E-state index in [0.29, 0.717) is 11.6 Å². The lowest BCUT2D eigenvalue weighted by Crippen LogP contribution is -2.13. The van der Waals surface area contributed by atoms with Crippen molar-refractivity contribution < 1.29 is 0 Å². The molecule has 0 spiro atoms. The molecule has 4 rings (SSSR count). The van der Waals surface area contributed by atoms with Crippen molar-refractivity contribution in [1.82, 2.24) is 14.6 Å². The fraction of sp³-hybridized carbons (Fsp3) is 0.100. The number of hydrogen-bond acceptors (Lipinski definition) is 4. The maximum atomic E-state index is 6.40. The van der Waals surface area contributed by atoms with Crippen molar-refractivity contribution in [2.24, 2.45) is 0 Å². The highest BCUT2D eigenvalue weighted by Gasteiger charge is 2.13. The number of rotatable bonds is 5. The second kappa shape index (κ2) is 7.33. The SMILES string of the molecule is C[B]c1cnn2c(NCc3ccc(N)cc3)cc(-c3ccccc3Cl)nc12. The van der Waals surface area contributed by atoms with Gasteiger partial charge in [0.1, 0.15) is 5.82 Å². The summed E-state index contributed by atoms with van der Waals surface area (Å²) in [6.07, 6.45) is 1.81. The second-order valence-corrected chi connectivity index (χ2v) is 6.63. The molecule has 2 aromatic heterocycles. The maximum absolute atomic E-state index is 6.40. The van der Waals surface area contributed by atoms with Crippen LogP contribution < -0.4 is 16.5 Å². The molecule has 3 N–H and O–H groups in total. The second-order valence-electron chi connectivity index (χ2n) is 6.23. The van der Waals surface area contributed by atoms with Gasteiger partial charge in [-0.3, -0.25) is 0 Å². The van der Waals surface area contributed by atoms with Crippen LogP contribution in [0, 0.1) is 0 Å². The lowest BCUT2D eigenvalue weighted by molar-refractivity contribution is 0.927. The van der Waals surface area contributed by atoms with Crippen LogP contribution in [-0.2, 0) is 6.54 Å². The molecular weight excluding hydrogens is 357 g/mol. The Hall–Kier alpha value is -2.99. The van der Waals surface area contributed by atoms with Crippen LogP contribution in [0.15, 0.2) is 60.8 Å². The first kappa shape index (κ1) is 17.4. The summed E-state index contributed by atoms with van der Waals surface area (Å²) in [6, 6.07) is 17.5. The van der Waals surface area contributed by atoms with E-state index in [1.165, 1.54) is 0 Å². The first-order valence-corrected chi connectivity index (χ1v) is 9.05. The normalized spacial score (nSPS) is 10.9. The van der Waals surface area contributed by atoms with E-state index >= 15 is 0 Å². The lowest BCUT2D eigenvalue weighted by atomic mass is 9.75. The minimum atomic E-state index is 0.645. The molecule has 27 heavy (non-hydrogen) atoms. The summed E-state index contributed by atoms with van der Waals surface area (Å²) < 4.78 is 1.81. The van der Waals surface area contributed by atoms with Crippen molar-refractivity contribution in [3.05, 3.63) is 71.4 Å². The van der Waals surface area contributed by atoms with Gasteiger partial charge in [-0.1, -0.05) is 48.8 Å². The highest BCUT2D eigenvalue weighted by molar-refractivity contribution is 6.54. The number of nitrogens with one attached hydrogen (secondary N) is 1. The fourth-order valence-corrected chi connectivity index (χ4v) is 3.18. The van der Waals surface area contributed by atoms with Gasteiger partial charge in [-0.15, -0.1) is 0 Å². The van der Waals surface area contributed by atoms with Crippen molar-refractivity contribution >= 4 is 41.5 Å². The summed E-state index contributed by atoms with van der Waals surface area (Å²) in [5.74, 6) is 0.847. The third-order valence-electron chi connectivity index (χ3n) is 4.41. The highest BCUT2D eigenvalue weighted by Crippen LogP contribution is 2.28. The number of aromatic nitrogens is 3. The number of halogens is 1. The quantitative estimate of drug-likeness (QED) is 0.413. The molecule has 0 atom stereocenters. The summed E-state index contributed by atoms with van der Waals surface area (Å²) in [4.78, 5) is 4.79. The third-order valence-corrected chi connectivity index (χ3v) is 4.74. The minimum absolute atomic E-state index is 0.645. The summed E-state index contributed by atoms with van der Waals surface area (Å²) in [5.41, 5.74) is 11.1. The van der Waals surface area contributed by atoms with Crippen LogP contribution >= 0.6 is 11.6 Å². The molecule has 4 aromatic rings. The van der Waals surface area contributed by atoms with Gasteiger partial charge in [-0.05, 0) is 29.2 Å². The van der Waals surface area contributed by atoms with Gasteiger partial charge < -0.3 is 11.1 Å². The van der Waals surface area contributed by atoms with E-state index in [1.54, 1.807) is 0 Å². The number of anilines is 2. The van der Waals surface area contributed by atoms with Crippen molar-refractivity contribution in [3.8, 4) is 11.3 Å². The van der Waals surface area contributed by atoms with Crippen molar-refractivity contribution in [2.75, 3.05) is 11.1 Å². The predicted molar refractivity (Wildman–Crippen MR) is 113 cm³/mol. The number of hydrogen-bond donors (Lipinski definition) is 2. The Labute approximate surface area is 163 Å². The van der Waals surface area contributed by atoms with Crippen LogP contribution in [0.1, 0.15) is 5.56 Å². The third kappa shape index (κ3) is 3.48. The summed E-state index contributed by atoms with van der Waals surface area (Å²) >= 11 is 6.40. The van der Waals surface area contributed by atoms with Crippen molar-refractivity contribution in [2.45, 2.75) is 13.4 Å². The molecular formula is C20H18BClN5. The summed E-state index contributed by atoms with van der Waals surface area (Å²) in [7, 11) is 2.00. The van der Waals surface area contributed by atoms with E-state index in [-0.39, 0.29) is 0 Å². The molecule has 0 unspecified atom stereocenters. The topological polar surface area (TPSA) is 68.2 Å². The van der Waals surface area contributed by atoms with Crippen LogP contribution in [0.5, 0.6) is 0 Å². The Morgan fingerprint density at radius 1 is 1.15 bits per heavy atom. The van der Waals surface area contributed by atoms with E-state index in [4.69, 9.17) is 22.3 Å². The monoisotopic (exact) mass is 374 g/mol. The van der Waals surface area contributed by atoms with Gasteiger partial charge in [0, 0.05) is 35.1 Å². The van der Waals surface area contributed by atoms with E-state index in [0.717, 1.165) is 39.4 Å². The average Bonchev–Trinajstić information content (AvgIpc) is 3.11. The predicted octanol–water partition coefficient (Wildman–Crippen LogP) is 3.62. The maximum Gasteiger partial charge on any atom is 0.155 e. The van der Waals surface area contributed by atoms with E-state index in [2.05, 4.69) is 10.4 Å². The lowest BCUT2D eigenvalue weighted by Gasteiger charge is -2.12. The van der Waals surface area contributed by atoms with Crippen molar-refractivity contribution in [1.29, 1.82) is 0 Å².